The third-order valence-electron chi connectivity index (χ3n) is 5.61. The molecule has 1 aromatic heterocycles. The highest BCUT2D eigenvalue weighted by atomic mass is 16.1. The Balaban J connectivity index is 2.14. The summed E-state index contributed by atoms with van der Waals surface area (Å²) in [4.78, 5) is 12.2. The van der Waals surface area contributed by atoms with Gasteiger partial charge < -0.3 is 10.3 Å². The number of hydrogen-bond donors (Lipinski definition) is 1. The average molecular weight is 383 g/mol. The zero-order chi connectivity index (χ0) is 20.6. The number of aromatic nitrogens is 1. The minimum atomic E-state index is -0.675. The van der Waals surface area contributed by atoms with Crippen molar-refractivity contribution in [2.75, 3.05) is 0 Å². The van der Waals surface area contributed by atoms with Crippen LogP contribution in [0.3, 0.4) is 0 Å². The van der Waals surface area contributed by atoms with Crippen LogP contribution in [0.25, 0.3) is 33.3 Å². The Bertz CT molecular complexity index is 1170. The van der Waals surface area contributed by atoms with Crippen LogP contribution in [0.4, 0.5) is 0 Å². The number of para-hydroxylation sites is 1. The summed E-state index contributed by atoms with van der Waals surface area (Å²) in [6, 6.07) is 27.2. The van der Waals surface area contributed by atoms with Gasteiger partial charge in [0.15, 0.2) is 0 Å². The van der Waals surface area contributed by atoms with Crippen molar-refractivity contribution in [2.24, 2.45) is 11.1 Å². The summed E-state index contributed by atoms with van der Waals surface area (Å²) >= 11 is 0. The molecule has 146 valence electrons. The maximum Gasteiger partial charge on any atom is 0.224 e. The first-order valence-corrected chi connectivity index (χ1v) is 9.93. The summed E-state index contributed by atoms with van der Waals surface area (Å²) in [5.41, 5.74) is 12.0. The van der Waals surface area contributed by atoms with E-state index in [9.17, 15) is 4.79 Å². The van der Waals surface area contributed by atoms with E-state index in [2.05, 4.69) is 78.2 Å². The van der Waals surface area contributed by atoms with Crippen LogP contribution in [0, 0.1) is 12.3 Å². The first-order chi connectivity index (χ1) is 13.9. The zero-order valence-corrected chi connectivity index (χ0v) is 17.1. The summed E-state index contributed by atoms with van der Waals surface area (Å²) in [6.45, 7) is 6.47. The van der Waals surface area contributed by atoms with Gasteiger partial charge in [-0.05, 0) is 37.5 Å². The van der Waals surface area contributed by atoms with E-state index in [1.807, 2.05) is 26.0 Å². The zero-order valence-electron chi connectivity index (χ0n) is 17.1. The molecule has 0 unspecified atom stereocenters. The van der Waals surface area contributed by atoms with Gasteiger partial charge in [0.05, 0.1) is 16.6 Å². The van der Waals surface area contributed by atoms with Crippen LogP contribution < -0.4 is 5.73 Å². The van der Waals surface area contributed by atoms with Gasteiger partial charge in [0, 0.05) is 17.5 Å². The second kappa shape index (κ2) is 7.25. The van der Waals surface area contributed by atoms with Crippen molar-refractivity contribution in [3.8, 4) is 22.4 Å². The fraction of sp³-hybridized carbons (Fsp3) is 0.192. The maximum atomic E-state index is 12.2. The molecule has 3 heteroatoms. The molecule has 4 aromatic rings. The van der Waals surface area contributed by atoms with Crippen molar-refractivity contribution in [3.63, 3.8) is 0 Å². The molecule has 29 heavy (non-hydrogen) atoms. The molecule has 0 saturated heterocycles. The molecular weight excluding hydrogens is 356 g/mol. The summed E-state index contributed by atoms with van der Waals surface area (Å²) in [5.74, 6) is -0.298. The number of rotatable bonds is 5. The van der Waals surface area contributed by atoms with Crippen molar-refractivity contribution >= 4 is 16.8 Å². The van der Waals surface area contributed by atoms with Crippen LogP contribution in [0.1, 0.15) is 19.4 Å². The summed E-state index contributed by atoms with van der Waals surface area (Å²) in [7, 11) is 0. The topological polar surface area (TPSA) is 48.0 Å². The standard InChI is InChI=1S/C26H26N2O/c1-18-11-10-16-21-22(19-12-6-4-7-13-19)24(20-14-8-5-9-15-20)28(23(18)21)17-26(2,3)25(27)29/h4-16H,17H2,1-3H3,(H2,27,29). The minimum Gasteiger partial charge on any atom is -0.369 e. The third kappa shape index (κ3) is 3.33. The molecule has 0 saturated carbocycles. The Morgan fingerprint density at radius 2 is 1.45 bits per heavy atom. The van der Waals surface area contributed by atoms with Gasteiger partial charge in [-0.1, -0.05) is 78.9 Å². The fourth-order valence-electron chi connectivity index (χ4n) is 4.02. The van der Waals surface area contributed by atoms with Crippen LogP contribution in [-0.2, 0) is 11.3 Å². The Labute approximate surface area is 171 Å². The summed E-state index contributed by atoms with van der Waals surface area (Å²) < 4.78 is 2.28. The molecule has 1 amide bonds. The van der Waals surface area contributed by atoms with Gasteiger partial charge in [0.1, 0.15) is 0 Å². The van der Waals surface area contributed by atoms with Gasteiger partial charge >= 0.3 is 0 Å². The van der Waals surface area contributed by atoms with Crippen molar-refractivity contribution in [1.29, 1.82) is 0 Å². The van der Waals surface area contributed by atoms with E-state index in [0.29, 0.717) is 6.54 Å². The van der Waals surface area contributed by atoms with Gasteiger partial charge in [-0.3, -0.25) is 4.79 Å². The molecule has 3 nitrogen and oxygen atoms in total. The van der Waals surface area contributed by atoms with Crippen LogP contribution in [0.15, 0.2) is 78.9 Å². The highest BCUT2D eigenvalue weighted by molar-refractivity contribution is 6.05. The Morgan fingerprint density at radius 1 is 0.862 bits per heavy atom. The van der Waals surface area contributed by atoms with Gasteiger partial charge in [0.2, 0.25) is 5.91 Å². The monoisotopic (exact) mass is 382 g/mol. The quantitative estimate of drug-likeness (QED) is 0.466. The number of fused-ring (bicyclic) bond motifs is 1. The molecule has 1 heterocycles. The van der Waals surface area contributed by atoms with E-state index in [1.165, 1.54) is 16.5 Å². The van der Waals surface area contributed by atoms with E-state index < -0.39 is 5.41 Å². The number of carbonyl (C=O) groups excluding carboxylic acids is 1. The number of amides is 1. The normalized spacial score (nSPS) is 11.7. The lowest BCUT2D eigenvalue weighted by Crippen LogP contribution is -2.35. The van der Waals surface area contributed by atoms with E-state index >= 15 is 0 Å². The molecule has 0 spiro atoms. The molecule has 0 aliphatic carbocycles. The lowest BCUT2D eigenvalue weighted by atomic mass is 9.92. The Kier molecular flexibility index (Phi) is 4.75. The van der Waals surface area contributed by atoms with Crippen LogP contribution in [-0.4, -0.2) is 10.5 Å². The SMILES string of the molecule is Cc1cccc2c(-c3ccccc3)c(-c3ccccc3)n(CC(C)(C)C(N)=O)c12. The van der Waals surface area contributed by atoms with Crippen molar-refractivity contribution in [1.82, 2.24) is 4.57 Å². The molecule has 4 rings (SSSR count). The molecule has 0 atom stereocenters. The number of aryl methyl sites for hydroxylation is 1. The van der Waals surface area contributed by atoms with E-state index in [-0.39, 0.29) is 5.91 Å². The summed E-state index contributed by atoms with van der Waals surface area (Å²) in [5, 5.41) is 1.19. The van der Waals surface area contributed by atoms with Crippen molar-refractivity contribution in [3.05, 3.63) is 84.4 Å². The molecule has 0 bridgehead atoms. The molecular formula is C26H26N2O. The second-order valence-electron chi connectivity index (χ2n) is 8.26. The van der Waals surface area contributed by atoms with E-state index in [1.54, 1.807) is 0 Å². The van der Waals surface area contributed by atoms with Crippen LogP contribution in [0.5, 0.6) is 0 Å². The predicted molar refractivity (Wildman–Crippen MR) is 121 cm³/mol. The third-order valence-corrected chi connectivity index (χ3v) is 5.61. The largest absolute Gasteiger partial charge is 0.369 e. The van der Waals surface area contributed by atoms with Gasteiger partial charge in [-0.25, -0.2) is 0 Å². The Hall–Kier alpha value is -3.33. The molecule has 2 N–H and O–H groups in total. The summed E-state index contributed by atoms with van der Waals surface area (Å²) in [6.07, 6.45) is 0. The number of nitrogens with two attached hydrogens (primary N) is 1. The number of primary amides is 1. The molecule has 0 aliphatic heterocycles. The number of benzene rings is 3. The lowest BCUT2D eigenvalue weighted by Gasteiger charge is -2.24. The first kappa shape index (κ1) is 19.0. The van der Waals surface area contributed by atoms with Crippen molar-refractivity contribution in [2.45, 2.75) is 27.3 Å². The minimum absolute atomic E-state index is 0.298. The van der Waals surface area contributed by atoms with Gasteiger partial charge in [-0.15, -0.1) is 0 Å². The van der Waals surface area contributed by atoms with Gasteiger partial charge in [-0.2, -0.15) is 0 Å². The van der Waals surface area contributed by atoms with Crippen LogP contribution in [0.2, 0.25) is 0 Å². The highest BCUT2D eigenvalue weighted by Gasteiger charge is 2.30. The number of carbonyl (C=O) groups is 1. The molecule has 0 radical (unpaired) electrons. The lowest BCUT2D eigenvalue weighted by molar-refractivity contribution is -0.126. The predicted octanol–water partition coefficient (Wildman–Crippen LogP) is 5.80. The molecule has 0 fully saturated rings. The maximum absolute atomic E-state index is 12.2. The Morgan fingerprint density at radius 3 is 2.03 bits per heavy atom. The molecule has 0 aliphatic rings. The number of hydrogen-bond acceptors (Lipinski definition) is 1. The first-order valence-electron chi connectivity index (χ1n) is 9.93. The highest BCUT2D eigenvalue weighted by Crippen LogP contribution is 2.43. The fourth-order valence-corrected chi connectivity index (χ4v) is 4.02. The van der Waals surface area contributed by atoms with Crippen molar-refractivity contribution < 1.29 is 4.79 Å². The van der Waals surface area contributed by atoms with Crippen LogP contribution >= 0.6 is 0 Å². The number of nitrogens with zero attached hydrogens (tertiary/aromatic N) is 1. The second-order valence-corrected chi connectivity index (χ2v) is 8.26. The average Bonchev–Trinajstić information content (AvgIpc) is 3.04. The van der Waals surface area contributed by atoms with E-state index in [0.717, 1.165) is 22.3 Å². The van der Waals surface area contributed by atoms with Gasteiger partial charge in [0.25, 0.3) is 0 Å². The van der Waals surface area contributed by atoms with E-state index in [4.69, 9.17) is 5.73 Å². The smallest absolute Gasteiger partial charge is 0.224 e. The molecule has 3 aromatic carbocycles.